The van der Waals surface area contributed by atoms with E-state index < -0.39 is 15.8 Å². The van der Waals surface area contributed by atoms with E-state index in [1.165, 1.54) is 16.4 Å². The number of hydrogen-bond acceptors (Lipinski definition) is 2. The predicted molar refractivity (Wildman–Crippen MR) is 112 cm³/mol. The summed E-state index contributed by atoms with van der Waals surface area (Å²) in [4.78, 5) is 0.142. The number of anilines is 1. The topological polar surface area (TPSA) is 37.4 Å². The average Bonchev–Trinajstić information content (AvgIpc) is 2.64. The lowest BCUT2D eigenvalue weighted by atomic mass is 10.1. The van der Waals surface area contributed by atoms with E-state index in [1.54, 1.807) is 42.5 Å². The van der Waals surface area contributed by atoms with Crippen LogP contribution in [-0.2, 0) is 16.6 Å². The van der Waals surface area contributed by atoms with Gasteiger partial charge in [-0.3, -0.25) is 4.31 Å². The summed E-state index contributed by atoms with van der Waals surface area (Å²) in [5.41, 5.74) is 3.54. The Bertz CT molecular complexity index is 1090. The molecule has 28 heavy (non-hydrogen) atoms. The van der Waals surface area contributed by atoms with Gasteiger partial charge in [0.1, 0.15) is 5.82 Å². The lowest BCUT2D eigenvalue weighted by Gasteiger charge is -2.26. The third kappa shape index (κ3) is 4.05. The van der Waals surface area contributed by atoms with Crippen molar-refractivity contribution < 1.29 is 12.8 Å². The normalized spacial score (nSPS) is 11.5. The van der Waals surface area contributed by atoms with E-state index in [0.29, 0.717) is 5.69 Å². The first kappa shape index (κ1) is 20.4. The molecule has 0 spiro atoms. The minimum absolute atomic E-state index is 0.137. The van der Waals surface area contributed by atoms with Crippen LogP contribution in [-0.4, -0.2) is 8.42 Å². The number of rotatable bonds is 5. The van der Waals surface area contributed by atoms with Crippen molar-refractivity contribution in [1.82, 2.24) is 0 Å². The molecule has 0 heterocycles. The predicted octanol–water partition coefficient (Wildman–Crippen LogP) is 5.80. The molecular weight excluding hydrogens is 397 g/mol. The van der Waals surface area contributed by atoms with Crippen molar-refractivity contribution in [3.8, 4) is 0 Å². The average molecular weight is 418 g/mol. The quantitative estimate of drug-likeness (QED) is 0.526. The van der Waals surface area contributed by atoms with E-state index in [2.05, 4.69) is 0 Å². The highest BCUT2D eigenvalue weighted by Gasteiger charge is 2.27. The molecular formula is C22H21ClFNO2S. The van der Waals surface area contributed by atoms with E-state index in [9.17, 15) is 12.8 Å². The van der Waals surface area contributed by atoms with Crippen LogP contribution >= 0.6 is 11.6 Å². The summed E-state index contributed by atoms with van der Waals surface area (Å²) in [6, 6.07) is 16.3. The molecule has 3 rings (SSSR count). The lowest BCUT2D eigenvalue weighted by molar-refractivity contribution is 0.585. The number of nitrogens with zero attached hydrogens (tertiary/aromatic N) is 1. The van der Waals surface area contributed by atoms with Crippen molar-refractivity contribution in [2.24, 2.45) is 0 Å². The van der Waals surface area contributed by atoms with Crippen molar-refractivity contribution in [3.05, 3.63) is 93.8 Å². The first-order chi connectivity index (χ1) is 13.2. The molecule has 0 unspecified atom stereocenters. The van der Waals surface area contributed by atoms with Gasteiger partial charge in [0.05, 0.1) is 17.1 Å². The van der Waals surface area contributed by atoms with Crippen LogP contribution in [0.4, 0.5) is 10.1 Å². The van der Waals surface area contributed by atoms with Crippen molar-refractivity contribution in [3.63, 3.8) is 0 Å². The van der Waals surface area contributed by atoms with Gasteiger partial charge in [-0.15, -0.1) is 0 Å². The number of benzene rings is 3. The van der Waals surface area contributed by atoms with E-state index >= 15 is 0 Å². The van der Waals surface area contributed by atoms with Crippen molar-refractivity contribution >= 4 is 27.3 Å². The van der Waals surface area contributed by atoms with E-state index in [0.717, 1.165) is 16.7 Å². The summed E-state index contributed by atoms with van der Waals surface area (Å²) in [5.74, 6) is -0.541. The smallest absolute Gasteiger partial charge is 0.262 e. The fourth-order valence-corrected chi connectivity index (χ4v) is 4.51. The Morgan fingerprint density at radius 1 is 0.929 bits per heavy atom. The van der Waals surface area contributed by atoms with Gasteiger partial charge in [-0.1, -0.05) is 41.4 Å². The van der Waals surface area contributed by atoms with Gasteiger partial charge < -0.3 is 0 Å². The Morgan fingerprint density at radius 2 is 1.61 bits per heavy atom. The van der Waals surface area contributed by atoms with Crippen LogP contribution in [0, 0.1) is 26.6 Å². The summed E-state index contributed by atoms with van der Waals surface area (Å²) in [5, 5.41) is 0.188. The lowest BCUT2D eigenvalue weighted by Crippen LogP contribution is -2.31. The minimum atomic E-state index is -3.92. The molecule has 3 aromatic carbocycles. The second-order valence-corrected chi connectivity index (χ2v) is 9.06. The summed E-state index contributed by atoms with van der Waals surface area (Å²) >= 11 is 6.17. The summed E-state index contributed by atoms with van der Waals surface area (Å²) in [7, 11) is -3.92. The Balaban J connectivity index is 2.16. The largest absolute Gasteiger partial charge is 0.264 e. The molecule has 0 bridgehead atoms. The third-order valence-electron chi connectivity index (χ3n) is 4.75. The van der Waals surface area contributed by atoms with Crippen LogP contribution in [0.3, 0.4) is 0 Å². The Hall–Kier alpha value is -2.37. The standard InChI is InChI=1S/C22H21ClFNO2S/c1-15-7-11-19(12-8-15)28(26,27)25(18-10-9-16(2)17(3)13-18)14-20-21(23)5-4-6-22(20)24/h4-13H,14H2,1-3H3. The maximum absolute atomic E-state index is 14.4. The summed E-state index contributed by atoms with van der Waals surface area (Å²) in [6.45, 7) is 5.54. The van der Waals surface area contributed by atoms with Crippen LogP contribution in [0.5, 0.6) is 0 Å². The molecule has 0 aliphatic carbocycles. The fourth-order valence-electron chi connectivity index (χ4n) is 2.86. The molecule has 6 heteroatoms. The maximum atomic E-state index is 14.4. The zero-order valence-corrected chi connectivity index (χ0v) is 17.5. The van der Waals surface area contributed by atoms with Crippen molar-refractivity contribution in [2.45, 2.75) is 32.2 Å². The highest BCUT2D eigenvalue weighted by atomic mass is 35.5. The Morgan fingerprint density at radius 3 is 2.21 bits per heavy atom. The molecule has 0 amide bonds. The fraction of sp³-hybridized carbons (Fsp3) is 0.182. The van der Waals surface area contributed by atoms with Crippen LogP contribution < -0.4 is 4.31 Å². The number of aryl methyl sites for hydroxylation is 3. The van der Waals surface area contributed by atoms with Crippen molar-refractivity contribution in [2.75, 3.05) is 4.31 Å². The van der Waals surface area contributed by atoms with Gasteiger partial charge in [-0.2, -0.15) is 0 Å². The molecule has 3 aromatic rings. The van der Waals surface area contributed by atoms with E-state index in [1.807, 2.05) is 26.8 Å². The minimum Gasteiger partial charge on any atom is -0.262 e. The molecule has 0 aliphatic rings. The molecule has 0 atom stereocenters. The van der Waals surface area contributed by atoms with E-state index in [-0.39, 0.29) is 22.0 Å². The molecule has 146 valence electrons. The Kier molecular flexibility index (Phi) is 5.77. The molecule has 0 saturated heterocycles. The number of halogens is 2. The highest BCUT2D eigenvalue weighted by molar-refractivity contribution is 7.92. The summed E-state index contributed by atoms with van der Waals surface area (Å²) in [6.07, 6.45) is 0. The van der Waals surface area contributed by atoms with Gasteiger partial charge in [0, 0.05) is 10.6 Å². The van der Waals surface area contributed by atoms with E-state index in [4.69, 9.17) is 11.6 Å². The molecule has 0 radical (unpaired) electrons. The van der Waals surface area contributed by atoms with Gasteiger partial charge >= 0.3 is 0 Å². The SMILES string of the molecule is Cc1ccc(S(=O)(=O)N(Cc2c(F)cccc2Cl)c2ccc(C)c(C)c2)cc1. The monoisotopic (exact) mass is 417 g/mol. The maximum Gasteiger partial charge on any atom is 0.264 e. The van der Waals surface area contributed by atoms with Gasteiger partial charge in [-0.05, 0) is 68.3 Å². The molecule has 0 fully saturated rings. The second kappa shape index (κ2) is 7.94. The van der Waals surface area contributed by atoms with Crippen LogP contribution in [0.25, 0.3) is 0 Å². The molecule has 3 nitrogen and oxygen atoms in total. The molecule has 0 aliphatic heterocycles. The van der Waals surface area contributed by atoms with Gasteiger partial charge in [0.15, 0.2) is 0 Å². The second-order valence-electron chi connectivity index (χ2n) is 6.79. The number of sulfonamides is 1. The highest BCUT2D eigenvalue weighted by Crippen LogP contribution is 2.30. The third-order valence-corrected chi connectivity index (χ3v) is 6.89. The zero-order chi connectivity index (χ0) is 20.5. The van der Waals surface area contributed by atoms with Gasteiger partial charge in [0.25, 0.3) is 10.0 Å². The zero-order valence-electron chi connectivity index (χ0n) is 15.9. The molecule has 0 N–H and O–H groups in total. The first-order valence-electron chi connectivity index (χ1n) is 8.79. The van der Waals surface area contributed by atoms with Crippen molar-refractivity contribution in [1.29, 1.82) is 0 Å². The van der Waals surface area contributed by atoms with Crippen LogP contribution in [0.15, 0.2) is 65.6 Å². The Labute approximate surface area is 170 Å². The first-order valence-corrected chi connectivity index (χ1v) is 10.6. The summed E-state index contributed by atoms with van der Waals surface area (Å²) < 4.78 is 42.5. The van der Waals surface area contributed by atoms with Gasteiger partial charge in [-0.25, -0.2) is 12.8 Å². The van der Waals surface area contributed by atoms with Crippen LogP contribution in [0.1, 0.15) is 22.3 Å². The number of hydrogen-bond donors (Lipinski definition) is 0. The van der Waals surface area contributed by atoms with Gasteiger partial charge in [0.2, 0.25) is 0 Å². The van der Waals surface area contributed by atoms with Crippen LogP contribution in [0.2, 0.25) is 5.02 Å². The molecule has 0 aromatic heterocycles. The molecule has 0 saturated carbocycles.